The highest BCUT2D eigenvalue weighted by Crippen LogP contribution is 2.44. The molecule has 1 aliphatic rings. The summed E-state index contributed by atoms with van der Waals surface area (Å²) in [5.41, 5.74) is 4.38. The Morgan fingerprint density at radius 1 is 1.26 bits per heavy atom. The smallest absolute Gasteiger partial charge is 0.323 e. The van der Waals surface area contributed by atoms with Gasteiger partial charge in [0.2, 0.25) is 0 Å². The number of halogens is 3. The number of nitrogens with zero attached hydrogens (tertiary/aromatic N) is 2. The molecule has 0 saturated heterocycles. The quantitative estimate of drug-likeness (QED) is 0.910. The van der Waals surface area contributed by atoms with E-state index in [1.807, 2.05) is 0 Å². The van der Waals surface area contributed by atoms with E-state index in [0.29, 0.717) is 5.52 Å². The van der Waals surface area contributed by atoms with Crippen molar-refractivity contribution < 1.29 is 13.2 Å². The minimum absolute atomic E-state index is 0.0904. The summed E-state index contributed by atoms with van der Waals surface area (Å²) in [6, 6.07) is 7.15. The van der Waals surface area contributed by atoms with Gasteiger partial charge in [0.1, 0.15) is 5.82 Å². The fraction of sp³-hybridized carbons (Fsp3) is 0.462. The summed E-state index contributed by atoms with van der Waals surface area (Å²) in [7, 11) is 0. The molecule has 3 nitrogen and oxygen atoms in total. The zero-order chi connectivity index (χ0) is 13.8. The molecule has 0 radical (unpaired) electrons. The van der Waals surface area contributed by atoms with E-state index in [2.05, 4.69) is 4.98 Å². The Morgan fingerprint density at radius 2 is 1.89 bits per heavy atom. The van der Waals surface area contributed by atoms with Crippen LogP contribution >= 0.6 is 0 Å². The number of aromatic nitrogens is 2. The van der Waals surface area contributed by atoms with Crippen molar-refractivity contribution >= 4 is 11.0 Å². The average molecular weight is 269 g/mol. The van der Waals surface area contributed by atoms with Gasteiger partial charge < -0.3 is 10.3 Å². The molecule has 1 heterocycles. The summed E-state index contributed by atoms with van der Waals surface area (Å²) >= 11 is 0. The molecule has 0 amide bonds. The third-order valence-corrected chi connectivity index (χ3v) is 3.56. The van der Waals surface area contributed by atoms with Crippen molar-refractivity contribution in [2.75, 3.05) is 0 Å². The normalized spacial score (nSPS) is 19.6. The Kier molecular flexibility index (Phi) is 2.44. The van der Waals surface area contributed by atoms with Gasteiger partial charge in [-0.3, -0.25) is 0 Å². The van der Waals surface area contributed by atoms with Gasteiger partial charge in [-0.1, -0.05) is 12.1 Å². The molecule has 1 fully saturated rings. The van der Waals surface area contributed by atoms with E-state index in [1.54, 1.807) is 28.8 Å². The number of imidazole rings is 1. The van der Waals surface area contributed by atoms with Gasteiger partial charge >= 0.3 is 6.18 Å². The van der Waals surface area contributed by atoms with Crippen molar-refractivity contribution in [2.24, 2.45) is 5.73 Å². The van der Waals surface area contributed by atoms with Crippen molar-refractivity contribution in [1.29, 1.82) is 0 Å². The van der Waals surface area contributed by atoms with Gasteiger partial charge in [-0.05, 0) is 31.9 Å². The second-order valence-corrected chi connectivity index (χ2v) is 5.23. The van der Waals surface area contributed by atoms with Crippen LogP contribution in [0.3, 0.4) is 0 Å². The highest BCUT2D eigenvalue weighted by molar-refractivity contribution is 5.76. The highest BCUT2D eigenvalue weighted by atomic mass is 19.4. The Labute approximate surface area is 108 Å². The van der Waals surface area contributed by atoms with Crippen LogP contribution in [0, 0.1) is 0 Å². The monoisotopic (exact) mass is 269 g/mol. The molecule has 102 valence electrons. The highest BCUT2D eigenvalue weighted by Gasteiger charge is 2.53. The first-order valence-corrected chi connectivity index (χ1v) is 6.15. The number of alkyl halides is 3. The average Bonchev–Trinajstić information content (AvgIpc) is 3.07. The third kappa shape index (κ3) is 1.82. The molecule has 1 saturated carbocycles. The predicted octanol–water partition coefficient (Wildman–Crippen LogP) is 3.11. The Hall–Kier alpha value is -1.56. The number of hydrogen-bond acceptors (Lipinski definition) is 2. The predicted molar refractivity (Wildman–Crippen MR) is 65.6 cm³/mol. The van der Waals surface area contributed by atoms with E-state index in [0.717, 1.165) is 25.3 Å². The molecule has 1 aromatic carbocycles. The summed E-state index contributed by atoms with van der Waals surface area (Å²) in [4.78, 5) is 4.13. The van der Waals surface area contributed by atoms with Crippen LogP contribution in [0.2, 0.25) is 0 Å². The third-order valence-electron chi connectivity index (χ3n) is 3.56. The molecule has 3 rings (SSSR count). The van der Waals surface area contributed by atoms with E-state index in [9.17, 15) is 13.2 Å². The molecule has 2 N–H and O–H groups in total. The van der Waals surface area contributed by atoms with Gasteiger partial charge in [0.05, 0.1) is 11.0 Å². The number of benzene rings is 1. The van der Waals surface area contributed by atoms with Gasteiger partial charge in [0.15, 0.2) is 5.54 Å². The maximum Gasteiger partial charge on any atom is 0.413 e. The van der Waals surface area contributed by atoms with E-state index in [1.165, 1.54) is 0 Å². The molecule has 6 heteroatoms. The molecule has 19 heavy (non-hydrogen) atoms. The van der Waals surface area contributed by atoms with Crippen molar-refractivity contribution in [3.8, 4) is 0 Å². The van der Waals surface area contributed by atoms with Crippen LogP contribution in [0.5, 0.6) is 0 Å². The summed E-state index contributed by atoms with van der Waals surface area (Å²) in [5.74, 6) is -0.0938. The molecule has 0 spiro atoms. The van der Waals surface area contributed by atoms with E-state index in [4.69, 9.17) is 5.73 Å². The fourth-order valence-corrected chi connectivity index (χ4v) is 2.24. The van der Waals surface area contributed by atoms with E-state index >= 15 is 0 Å². The minimum Gasteiger partial charge on any atom is -0.323 e. The molecule has 0 bridgehead atoms. The van der Waals surface area contributed by atoms with Gasteiger partial charge in [0.25, 0.3) is 0 Å². The zero-order valence-corrected chi connectivity index (χ0v) is 10.4. The molecule has 1 atom stereocenters. The van der Waals surface area contributed by atoms with Gasteiger partial charge in [-0.25, -0.2) is 4.98 Å². The lowest BCUT2D eigenvalue weighted by Crippen LogP contribution is -2.49. The molecular formula is C13H14F3N3. The van der Waals surface area contributed by atoms with Crippen LogP contribution in [-0.4, -0.2) is 15.7 Å². The Morgan fingerprint density at radius 3 is 2.47 bits per heavy atom. The molecule has 0 aliphatic heterocycles. The number of para-hydroxylation sites is 2. The first-order valence-electron chi connectivity index (χ1n) is 6.15. The van der Waals surface area contributed by atoms with Crippen LogP contribution in [0.25, 0.3) is 11.0 Å². The van der Waals surface area contributed by atoms with Crippen LogP contribution in [-0.2, 0) is 5.54 Å². The van der Waals surface area contributed by atoms with Crippen LogP contribution in [0.4, 0.5) is 13.2 Å². The van der Waals surface area contributed by atoms with Crippen molar-refractivity contribution in [2.45, 2.75) is 37.5 Å². The van der Waals surface area contributed by atoms with Crippen LogP contribution in [0.15, 0.2) is 24.3 Å². The minimum atomic E-state index is -4.53. The van der Waals surface area contributed by atoms with Gasteiger partial charge in [-0.15, -0.1) is 0 Å². The molecular weight excluding hydrogens is 255 g/mol. The molecule has 1 aliphatic carbocycles. The zero-order valence-electron chi connectivity index (χ0n) is 10.4. The molecule has 1 unspecified atom stereocenters. The van der Waals surface area contributed by atoms with Gasteiger partial charge in [0, 0.05) is 6.04 Å². The molecule has 1 aromatic heterocycles. The number of nitrogens with two attached hydrogens (primary N) is 1. The maximum absolute atomic E-state index is 13.1. The topological polar surface area (TPSA) is 43.8 Å². The van der Waals surface area contributed by atoms with Crippen molar-refractivity contribution in [3.63, 3.8) is 0 Å². The summed E-state index contributed by atoms with van der Waals surface area (Å²) in [6.07, 6.45) is -2.77. The summed E-state index contributed by atoms with van der Waals surface area (Å²) in [5, 5.41) is 0. The first-order chi connectivity index (χ1) is 8.82. The van der Waals surface area contributed by atoms with Gasteiger partial charge in [-0.2, -0.15) is 13.2 Å². The summed E-state index contributed by atoms with van der Waals surface area (Å²) in [6.45, 7) is 0.979. The lowest BCUT2D eigenvalue weighted by atomic mass is 10.0. The van der Waals surface area contributed by atoms with Crippen molar-refractivity contribution in [3.05, 3.63) is 30.1 Å². The lowest BCUT2D eigenvalue weighted by molar-refractivity contribution is -0.186. The second kappa shape index (κ2) is 3.72. The number of rotatable bonds is 2. The summed E-state index contributed by atoms with van der Waals surface area (Å²) < 4.78 is 41.1. The first kappa shape index (κ1) is 12.5. The van der Waals surface area contributed by atoms with Crippen LogP contribution < -0.4 is 5.73 Å². The van der Waals surface area contributed by atoms with Crippen molar-refractivity contribution in [1.82, 2.24) is 9.55 Å². The maximum atomic E-state index is 13.1. The SMILES string of the molecule is CC(N)(c1nc2ccccc2n1C1CC1)C(F)(F)F. The molecule has 2 aromatic rings. The van der Waals surface area contributed by atoms with E-state index in [-0.39, 0.29) is 11.9 Å². The Bertz CT molecular complexity index is 624. The van der Waals surface area contributed by atoms with Crippen LogP contribution in [0.1, 0.15) is 31.6 Å². The largest absolute Gasteiger partial charge is 0.413 e. The Balaban J connectivity index is 2.26. The lowest BCUT2D eigenvalue weighted by Gasteiger charge is -2.27. The fourth-order valence-electron chi connectivity index (χ4n) is 2.24. The number of fused-ring (bicyclic) bond motifs is 1. The van der Waals surface area contributed by atoms with E-state index < -0.39 is 11.7 Å². The number of hydrogen-bond donors (Lipinski definition) is 1. The second-order valence-electron chi connectivity index (χ2n) is 5.23. The standard InChI is InChI=1S/C13H14F3N3/c1-12(17,13(14,15)16)11-18-9-4-2-3-5-10(9)19(11)8-6-7-8/h2-5,8H,6-7,17H2,1H3.